The van der Waals surface area contributed by atoms with Gasteiger partial charge in [-0.15, -0.1) is 0 Å². The summed E-state index contributed by atoms with van der Waals surface area (Å²) in [5.41, 5.74) is 3.32. The van der Waals surface area contributed by atoms with Crippen LogP contribution in [0.2, 0.25) is 0 Å². The van der Waals surface area contributed by atoms with E-state index in [1.165, 1.54) is 11.0 Å². The van der Waals surface area contributed by atoms with Crippen LogP contribution in [0, 0.1) is 0 Å². The molecular weight excluding hydrogens is 262 g/mol. The number of carbonyl (C=O) groups is 1. The summed E-state index contributed by atoms with van der Waals surface area (Å²) in [5, 5.41) is 7.23. The number of aromatic nitrogens is 1. The Bertz CT molecular complexity index is 725. The first-order valence-electron chi connectivity index (χ1n) is 7.24. The van der Waals surface area contributed by atoms with Crippen LogP contribution in [-0.2, 0) is 11.3 Å². The lowest BCUT2D eigenvalue weighted by Crippen LogP contribution is -2.09. The molecule has 2 heterocycles. The van der Waals surface area contributed by atoms with Gasteiger partial charge in [0.15, 0.2) is 0 Å². The average Bonchev–Trinajstić information content (AvgIpc) is 2.91. The third kappa shape index (κ3) is 2.99. The number of nitrogens with one attached hydrogen (secondary N) is 2. The van der Waals surface area contributed by atoms with E-state index in [4.69, 9.17) is 0 Å². The van der Waals surface area contributed by atoms with Crippen LogP contribution in [0.3, 0.4) is 0 Å². The quantitative estimate of drug-likeness (QED) is 0.902. The molecule has 2 N–H and O–H groups in total. The molecule has 4 nitrogen and oxygen atoms in total. The summed E-state index contributed by atoms with van der Waals surface area (Å²) in [4.78, 5) is 11.5. The number of anilines is 1. The van der Waals surface area contributed by atoms with Crippen molar-refractivity contribution in [2.24, 2.45) is 0 Å². The maximum Gasteiger partial charge on any atom is 0.224 e. The van der Waals surface area contributed by atoms with E-state index in [1.54, 1.807) is 0 Å². The van der Waals surface area contributed by atoms with Crippen LogP contribution in [0.4, 0.5) is 5.69 Å². The SMILES string of the molecule is CCC(=O)Nc1ccc2ccn(CC3=CNC=CC3)c2c1. The zero-order chi connectivity index (χ0) is 14.7. The second-order valence-corrected chi connectivity index (χ2v) is 5.19. The highest BCUT2D eigenvalue weighted by atomic mass is 16.1. The minimum absolute atomic E-state index is 0.0387. The van der Waals surface area contributed by atoms with E-state index < -0.39 is 0 Å². The molecule has 1 aromatic heterocycles. The van der Waals surface area contributed by atoms with Crippen molar-refractivity contribution in [2.45, 2.75) is 26.3 Å². The number of rotatable bonds is 4. The molecule has 21 heavy (non-hydrogen) atoms. The number of hydrogen-bond donors (Lipinski definition) is 2. The van der Waals surface area contributed by atoms with Crippen LogP contribution in [0.1, 0.15) is 19.8 Å². The van der Waals surface area contributed by atoms with Crippen LogP contribution >= 0.6 is 0 Å². The molecule has 0 saturated carbocycles. The number of benzene rings is 1. The Morgan fingerprint density at radius 1 is 1.38 bits per heavy atom. The zero-order valence-electron chi connectivity index (χ0n) is 12.1. The fraction of sp³-hybridized carbons (Fsp3) is 0.235. The van der Waals surface area contributed by atoms with Crippen molar-refractivity contribution in [3.63, 3.8) is 0 Å². The summed E-state index contributed by atoms with van der Waals surface area (Å²) in [6.07, 6.45) is 9.68. The van der Waals surface area contributed by atoms with Gasteiger partial charge in [0.25, 0.3) is 0 Å². The summed E-state index contributed by atoms with van der Waals surface area (Å²) in [6.45, 7) is 2.71. The highest BCUT2D eigenvalue weighted by Crippen LogP contribution is 2.22. The minimum atomic E-state index is 0.0387. The van der Waals surface area contributed by atoms with E-state index in [9.17, 15) is 4.79 Å². The fourth-order valence-electron chi connectivity index (χ4n) is 2.48. The maximum absolute atomic E-state index is 11.5. The van der Waals surface area contributed by atoms with Gasteiger partial charge in [0.2, 0.25) is 5.91 Å². The van der Waals surface area contributed by atoms with E-state index in [2.05, 4.69) is 39.7 Å². The molecule has 108 valence electrons. The van der Waals surface area contributed by atoms with E-state index in [0.29, 0.717) is 6.42 Å². The van der Waals surface area contributed by atoms with Crippen molar-refractivity contribution in [2.75, 3.05) is 5.32 Å². The average molecular weight is 281 g/mol. The van der Waals surface area contributed by atoms with Gasteiger partial charge in [-0.25, -0.2) is 0 Å². The van der Waals surface area contributed by atoms with Gasteiger partial charge in [-0.05, 0) is 41.8 Å². The van der Waals surface area contributed by atoms with Gasteiger partial charge in [-0.1, -0.05) is 19.1 Å². The Kier molecular flexibility index (Phi) is 3.77. The molecule has 3 rings (SSSR count). The van der Waals surface area contributed by atoms with Crippen molar-refractivity contribution in [1.29, 1.82) is 0 Å². The number of amides is 1. The lowest BCUT2D eigenvalue weighted by Gasteiger charge is -2.12. The summed E-state index contributed by atoms with van der Waals surface area (Å²) < 4.78 is 2.21. The van der Waals surface area contributed by atoms with Gasteiger partial charge in [0.1, 0.15) is 0 Å². The summed E-state index contributed by atoms with van der Waals surface area (Å²) in [5.74, 6) is 0.0387. The molecule has 0 atom stereocenters. The van der Waals surface area contributed by atoms with Crippen LogP contribution in [0.15, 0.2) is 54.5 Å². The molecule has 4 heteroatoms. The van der Waals surface area contributed by atoms with Gasteiger partial charge in [0, 0.05) is 31.0 Å². The number of allylic oxidation sites excluding steroid dienone is 2. The van der Waals surface area contributed by atoms with Crippen LogP contribution in [0.5, 0.6) is 0 Å². The van der Waals surface area contributed by atoms with Crippen LogP contribution in [0.25, 0.3) is 10.9 Å². The van der Waals surface area contributed by atoms with Crippen molar-refractivity contribution in [3.8, 4) is 0 Å². The Morgan fingerprint density at radius 3 is 3.05 bits per heavy atom. The van der Waals surface area contributed by atoms with Crippen LogP contribution < -0.4 is 10.6 Å². The number of hydrogen-bond acceptors (Lipinski definition) is 2. The molecule has 0 fully saturated rings. The lowest BCUT2D eigenvalue weighted by molar-refractivity contribution is -0.115. The first kappa shape index (κ1) is 13.5. The molecule has 0 unspecified atom stereocenters. The van der Waals surface area contributed by atoms with Crippen molar-refractivity contribution in [1.82, 2.24) is 9.88 Å². The Morgan fingerprint density at radius 2 is 2.29 bits per heavy atom. The second kappa shape index (κ2) is 5.87. The molecule has 0 bridgehead atoms. The number of nitrogens with zero attached hydrogens (tertiary/aromatic N) is 1. The molecule has 2 aromatic rings. The first-order chi connectivity index (χ1) is 10.3. The summed E-state index contributed by atoms with van der Waals surface area (Å²) >= 11 is 0. The number of fused-ring (bicyclic) bond motifs is 1. The van der Waals surface area contributed by atoms with E-state index in [1.807, 2.05) is 31.3 Å². The Labute approximate surface area is 124 Å². The monoisotopic (exact) mass is 281 g/mol. The van der Waals surface area contributed by atoms with E-state index >= 15 is 0 Å². The van der Waals surface area contributed by atoms with Crippen molar-refractivity contribution in [3.05, 3.63) is 54.5 Å². The highest BCUT2D eigenvalue weighted by molar-refractivity contribution is 5.93. The molecule has 1 aromatic carbocycles. The molecule has 0 spiro atoms. The van der Waals surface area contributed by atoms with Gasteiger partial charge >= 0.3 is 0 Å². The van der Waals surface area contributed by atoms with Crippen LogP contribution in [-0.4, -0.2) is 10.5 Å². The molecule has 0 radical (unpaired) electrons. The molecular formula is C17H19N3O. The second-order valence-electron chi connectivity index (χ2n) is 5.19. The van der Waals surface area contributed by atoms with Crippen molar-refractivity contribution < 1.29 is 4.79 Å². The molecule has 1 aliphatic heterocycles. The Hall–Kier alpha value is -2.49. The third-order valence-corrected chi connectivity index (χ3v) is 3.63. The molecule has 0 aliphatic carbocycles. The topological polar surface area (TPSA) is 46.1 Å². The Balaban J connectivity index is 1.86. The fourth-order valence-corrected chi connectivity index (χ4v) is 2.48. The van der Waals surface area contributed by atoms with Gasteiger partial charge < -0.3 is 15.2 Å². The maximum atomic E-state index is 11.5. The number of dihydropyridines is 1. The largest absolute Gasteiger partial charge is 0.368 e. The smallest absolute Gasteiger partial charge is 0.224 e. The zero-order valence-corrected chi connectivity index (χ0v) is 12.1. The van der Waals surface area contributed by atoms with Gasteiger partial charge in [-0.2, -0.15) is 0 Å². The highest BCUT2D eigenvalue weighted by Gasteiger charge is 2.06. The molecule has 1 amide bonds. The van der Waals surface area contributed by atoms with Gasteiger partial charge in [0.05, 0.1) is 5.52 Å². The third-order valence-electron chi connectivity index (χ3n) is 3.63. The van der Waals surface area contributed by atoms with Gasteiger partial charge in [-0.3, -0.25) is 4.79 Å². The standard InChI is InChI=1S/C17H19N3O/c1-2-17(21)19-15-6-5-14-7-9-20(16(14)10-15)12-13-4-3-8-18-11-13/h3,5-11,18H,2,4,12H2,1H3,(H,19,21). The predicted molar refractivity (Wildman–Crippen MR) is 85.8 cm³/mol. The van der Waals surface area contributed by atoms with Crippen molar-refractivity contribution >= 4 is 22.5 Å². The predicted octanol–water partition coefficient (Wildman–Crippen LogP) is 3.38. The lowest BCUT2D eigenvalue weighted by atomic mass is 10.1. The van der Waals surface area contributed by atoms with E-state index in [-0.39, 0.29) is 5.91 Å². The van der Waals surface area contributed by atoms with E-state index in [0.717, 1.165) is 24.2 Å². The summed E-state index contributed by atoms with van der Waals surface area (Å²) in [7, 11) is 0. The minimum Gasteiger partial charge on any atom is -0.368 e. The molecule has 1 aliphatic rings. The summed E-state index contributed by atoms with van der Waals surface area (Å²) in [6, 6.07) is 8.14. The normalized spacial score (nSPS) is 13.9. The number of carbonyl (C=O) groups excluding carboxylic acids is 1. The first-order valence-corrected chi connectivity index (χ1v) is 7.24. The molecule has 0 saturated heterocycles.